The zero-order chi connectivity index (χ0) is 13.4. The van der Waals surface area contributed by atoms with E-state index in [1.165, 1.54) is 0 Å². The molecule has 1 aromatic rings. The van der Waals surface area contributed by atoms with Crippen LogP contribution in [-0.4, -0.2) is 26.1 Å². The van der Waals surface area contributed by atoms with Gasteiger partial charge in [-0.15, -0.1) is 12.4 Å². The first kappa shape index (κ1) is 17.9. The van der Waals surface area contributed by atoms with Crippen LogP contribution in [0.2, 0.25) is 0 Å². The Morgan fingerprint density at radius 1 is 1.42 bits per heavy atom. The van der Waals surface area contributed by atoms with Gasteiger partial charge in [0.05, 0.1) is 6.61 Å². The normalized spacial score (nSPS) is 11.5. The zero-order valence-electron chi connectivity index (χ0n) is 11.7. The van der Waals surface area contributed by atoms with E-state index < -0.39 is 0 Å². The molecule has 0 aliphatic rings. The molecule has 1 atom stereocenters. The van der Waals surface area contributed by atoms with Crippen molar-refractivity contribution in [2.45, 2.75) is 20.5 Å². The van der Waals surface area contributed by atoms with Gasteiger partial charge in [0.25, 0.3) is 0 Å². The van der Waals surface area contributed by atoms with Crippen molar-refractivity contribution < 1.29 is 9.53 Å². The summed E-state index contributed by atoms with van der Waals surface area (Å²) in [6.07, 6.45) is 0. The molecule has 1 rings (SSSR count). The highest BCUT2D eigenvalue weighted by Crippen LogP contribution is 2.12. The minimum absolute atomic E-state index is 0. The number of amides is 1. The Morgan fingerprint density at radius 2 is 2.16 bits per heavy atom. The molecule has 108 valence electrons. The first-order valence-electron chi connectivity index (χ1n) is 6.29. The van der Waals surface area contributed by atoms with Crippen molar-refractivity contribution in [2.75, 3.05) is 25.5 Å². The smallest absolute Gasteiger partial charge is 0.228 e. The fraction of sp³-hybridized carbons (Fsp3) is 0.500. The van der Waals surface area contributed by atoms with E-state index in [9.17, 15) is 4.79 Å². The number of halogens is 1. The monoisotopic (exact) mass is 286 g/mol. The van der Waals surface area contributed by atoms with Gasteiger partial charge in [-0.1, -0.05) is 19.1 Å². The lowest BCUT2D eigenvalue weighted by Crippen LogP contribution is -2.28. The fourth-order valence-electron chi connectivity index (χ4n) is 1.62. The molecule has 0 saturated carbocycles. The van der Waals surface area contributed by atoms with Crippen LogP contribution in [-0.2, 0) is 16.1 Å². The van der Waals surface area contributed by atoms with Gasteiger partial charge in [-0.2, -0.15) is 0 Å². The van der Waals surface area contributed by atoms with Crippen molar-refractivity contribution in [1.82, 2.24) is 5.32 Å². The van der Waals surface area contributed by atoms with Gasteiger partial charge >= 0.3 is 0 Å². The van der Waals surface area contributed by atoms with Gasteiger partial charge in [0.2, 0.25) is 5.91 Å². The van der Waals surface area contributed by atoms with Crippen molar-refractivity contribution in [2.24, 2.45) is 5.92 Å². The van der Waals surface area contributed by atoms with E-state index in [0.29, 0.717) is 19.8 Å². The number of rotatable bonds is 7. The molecule has 4 nitrogen and oxygen atoms in total. The molecular weight excluding hydrogens is 264 g/mol. The van der Waals surface area contributed by atoms with E-state index in [0.717, 1.165) is 11.3 Å². The second kappa shape index (κ2) is 9.78. The highest BCUT2D eigenvalue weighted by Gasteiger charge is 2.11. The molecule has 0 spiro atoms. The summed E-state index contributed by atoms with van der Waals surface area (Å²) in [4.78, 5) is 11.8. The van der Waals surface area contributed by atoms with Crippen LogP contribution in [0.3, 0.4) is 0 Å². The molecule has 19 heavy (non-hydrogen) atoms. The minimum atomic E-state index is -0.0504. The van der Waals surface area contributed by atoms with E-state index in [1.807, 2.05) is 45.2 Å². The van der Waals surface area contributed by atoms with Crippen molar-refractivity contribution in [3.05, 3.63) is 29.8 Å². The van der Waals surface area contributed by atoms with Gasteiger partial charge in [-0.3, -0.25) is 4.79 Å². The van der Waals surface area contributed by atoms with Crippen LogP contribution in [0.15, 0.2) is 24.3 Å². The second-order valence-electron chi connectivity index (χ2n) is 4.29. The second-order valence-corrected chi connectivity index (χ2v) is 4.29. The Balaban J connectivity index is 0.00000324. The van der Waals surface area contributed by atoms with Crippen LogP contribution < -0.4 is 10.6 Å². The van der Waals surface area contributed by atoms with Crippen molar-refractivity contribution >= 4 is 24.0 Å². The summed E-state index contributed by atoms with van der Waals surface area (Å²) in [5.41, 5.74) is 1.89. The molecule has 5 heteroatoms. The minimum Gasteiger partial charge on any atom is -0.377 e. The number of carbonyl (C=O) groups is 1. The van der Waals surface area contributed by atoms with Gasteiger partial charge in [0.15, 0.2) is 0 Å². The predicted octanol–water partition coefficient (Wildman–Crippen LogP) is 2.44. The lowest BCUT2D eigenvalue weighted by Gasteiger charge is -2.12. The molecule has 1 aromatic carbocycles. The number of hydrogen-bond acceptors (Lipinski definition) is 3. The summed E-state index contributed by atoms with van der Waals surface area (Å²) >= 11 is 0. The molecule has 0 bridgehead atoms. The Labute approximate surface area is 121 Å². The fourth-order valence-corrected chi connectivity index (χ4v) is 1.62. The quantitative estimate of drug-likeness (QED) is 0.809. The van der Waals surface area contributed by atoms with Crippen LogP contribution in [0.1, 0.15) is 19.4 Å². The third-order valence-corrected chi connectivity index (χ3v) is 2.63. The summed E-state index contributed by atoms with van der Waals surface area (Å²) in [5.74, 6) is -0.0246. The van der Waals surface area contributed by atoms with Crippen molar-refractivity contribution in [1.29, 1.82) is 0 Å². The highest BCUT2D eigenvalue weighted by molar-refractivity contribution is 5.92. The summed E-state index contributed by atoms with van der Waals surface area (Å²) < 4.78 is 5.34. The van der Waals surface area contributed by atoms with Crippen molar-refractivity contribution in [3.8, 4) is 0 Å². The number of carbonyl (C=O) groups excluding carboxylic acids is 1. The van der Waals surface area contributed by atoms with E-state index in [-0.39, 0.29) is 24.2 Å². The first-order chi connectivity index (χ1) is 8.67. The Kier molecular flexibility index (Phi) is 9.21. The molecule has 0 heterocycles. The first-order valence-corrected chi connectivity index (χ1v) is 6.29. The number of anilines is 1. The van der Waals surface area contributed by atoms with E-state index >= 15 is 0 Å². The predicted molar refractivity (Wildman–Crippen MR) is 80.7 cm³/mol. The lowest BCUT2D eigenvalue weighted by molar-refractivity contribution is -0.119. The number of benzene rings is 1. The molecule has 0 aliphatic heterocycles. The van der Waals surface area contributed by atoms with E-state index in [1.54, 1.807) is 0 Å². The summed E-state index contributed by atoms with van der Waals surface area (Å²) in [5, 5.41) is 5.90. The standard InChI is InChI=1S/C14H22N2O2.ClH/c1-4-18-10-12-6-5-7-13(8-12)16-14(17)11(2)9-15-3;/h5-8,11,15H,4,9-10H2,1-3H3,(H,16,17);1H. The maximum Gasteiger partial charge on any atom is 0.228 e. The molecular formula is C14H23ClN2O2. The van der Waals surface area contributed by atoms with Gasteiger partial charge in [0.1, 0.15) is 0 Å². The topological polar surface area (TPSA) is 50.4 Å². The molecule has 0 aliphatic carbocycles. The van der Waals surface area contributed by atoms with Crippen LogP contribution >= 0.6 is 12.4 Å². The summed E-state index contributed by atoms with van der Waals surface area (Å²) in [6.45, 7) is 5.80. The molecule has 0 aromatic heterocycles. The van der Waals surface area contributed by atoms with E-state index in [4.69, 9.17) is 4.74 Å². The number of ether oxygens (including phenoxy) is 1. The molecule has 0 fully saturated rings. The highest BCUT2D eigenvalue weighted by atomic mass is 35.5. The molecule has 0 radical (unpaired) electrons. The zero-order valence-corrected chi connectivity index (χ0v) is 12.5. The van der Waals surface area contributed by atoms with Gasteiger partial charge in [-0.25, -0.2) is 0 Å². The van der Waals surface area contributed by atoms with E-state index in [2.05, 4.69) is 10.6 Å². The molecule has 1 amide bonds. The third kappa shape index (κ3) is 6.57. The SMILES string of the molecule is CCOCc1cccc(NC(=O)C(C)CNC)c1.Cl. The van der Waals surface area contributed by atoms with Gasteiger partial charge in [0, 0.05) is 24.8 Å². The third-order valence-electron chi connectivity index (χ3n) is 2.63. The van der Waals surface area contributed by atoms with Crippen LogP contribution in [0.4, 0.5) is 5.69 Å². The molecule has 0 saturated heterocycles. The molecule has 2 N–H and O–H groups in total. The van der Waals surface area contributed by atoms with Crippen molar-refractivity contribution in [3.63, 3.8) is 0 Å². The Morgan fingerprint density at radius 3 is 2.79 bits per heavy atom. The summed E-state index contributed by atoms with van der Waals surface area (Å²) in [7, 11) is 1.84. The lowest BCUT2D eigenvalue weighted by atomic mass is 10.1. The maximum atomic E-state index is 11.8. The molecule has 1 unspecified atom stereocenters. The Hall–Kier alpha value is -1.10. The van der Waals surface area contributed by atoms with Gasteiger partial charge < -0.3 is 15.4 Å². The van der Waals surface area contributed by atoms with Crippen LogP contribution in [0.25, 0.3) is 0 Å². The maximum absolute atomic E-state index is 11.8. The Bertz CT molecular complexity index is 385. The van der Waals surface area contributed by atoms with Gasteiger partial charge in [-0.05, 0) is 31.7 Å². The summed E-state index contributed by atoms with van der Waals surface area (Å²) in [6, 6.07) is 7.74. The van der Waals surface area contributed by atoms with Crippen LogP contribution in [0.5, 0.6) is 0 Å². The number of nitrogens with one attached hydrogen (secondary N) is 2. The van der Waals surface area contributed by atoms with Crippen LogP contribution in [0, 0.1) is 5.92 Å². The number of hydrogen-bond donors (Lipinski definition) is 2. The average Bonchev–Trinajstić information content (AvgIpc) is 2.37. The average molecular weight is 287 g/mol. The largest absolute Gasteiger partial charge is 0.377 e.